The number of aromatic nitrogens is 2. The van der Waals surface area contributed by atoms with Gasteiger partial charge in [-0.05, 0) is 51.2 Å². The summed E-state index contributed by atoms with van der Waals surface area (Å²) in [6.45, 7) is 5.50. The Morgan fingerprint density at radius 1 is 1.04 bits per heavy atom. The molecule has 2 fully saturated rings. The predicted octanol–water partition coefficient (Wildman–Crippen LogP) is 3.15. The number of piperidine rings is 1. The molecule has 2 saturated heterocycles. The molecule has 3 rings (SSSR count). The van der Waals surface area contributed by atoms with Crippen molar-refractivity contribution < 1.29 is 0 Å². The summed E-state index contributed by atoms with van der Waals surface area (Å²) in [7, 11) is 1.81. The van der Waals surface area contributed by atoms with E-state index in [0.717, 1.165) is 31.3 Å². The number of hydrogen-bond acceptors (Lipinski definition) is 5. The maximum atomic E-state index is 5.25. The van der Waals surface area contributed by atoms with Crippen molar-refractivity contribution in [2.45, 2.75) is 57.9 Å². The number of anilines is 3. The second-order valence-electron chi connectivity index (χ2n) is 7.05. The molecule has 0 saturated carbocycles. The van der Waals surface area contributed by atoms with Gasteiger partial charge < -0.3 is 20.4 Å². The van der Waals surface area contributed by atoms with E-state index < -0.39 is 0 Å². The third kappa shape index (κ3) is 4.71. The largest absolute Gasteiger partial charge is 0.365 e. The van der Waals surface area contributed by atoms with Crippen molar-refractivity contribution in [2.24, 2.45) is 0 Å². The minimum atomic E-state index is 0.518. The Hall–Kier alpha value is -1.63. The van der Waals surface area contributed by atoms with E-state index in [1.54, 1.807) is 0 Å². The molecule has 0 amide bonds. The van der Waals surface area contributed by atoms with Gasteiger partial charge >= 0.3 is 0 Å². The molecule has 0 unspecified atom stereocenters. The Labute approximate surface area is 156 Å². The summed E-state index contributed by atoms with van der Waals surface area (Å²) >= 11 is 5.25. The van der Waals surface area contributed by atoms with Crippen LogP contribution in [-0.2, 0) is 0 Å². The van der Waals surface area contributed by atoms with Gasteiger partial charge in [-0.2, -0.15) is 9.97 Å². The van der Waals surface area contributed by atoms with Crippen LogP contribution in [0.2, 0.25) is 0 Å². The minimum absolute atomic E-state index is 0.518. The monoisotopic (exact) mass is 362 g/mol. The smallest absolute Gasteiger partial charge is 0.232 e. The average molecular weight is 363 g/mol. The van der Waals surface area contributed by atoms with Crippen molar-refractivity contribution in [2.75, 3.05) is 41.8 Å². The summed E-state index contributed by atoms with van der Waals surface area (Å²) in [5, 5.41) is 6.62. The Bertz CT molecular complexity index is 585. The zero-order valence-electron chi connectivity index (χ0n) is 15.4. The molecular weight excluding hydrogens is 332 g/mol. The first-order valence-electron chi connectivity index (χ1n) is 9.57. The maximum absolute atomic E-state index is 5.25. The van der Waals surface area contributed by atoms with Crippen LogP contribution in [0.4, 0.5) is 17.6 Å². The van der Waals surface area contributed by atoms with E-state index in [-0.39, 0.29) is 0 Å². The molecule has 0 radical (unpaired) electrons. The van der Waals surface area contributed by atoms with Crippen LogP contribution < -0.4 is 20.4 Å². The van der Waals surface area contributed by atoms with E-state index >= 15 is 0 Å². The molecular formula is C18H30N6S. The molecule has 0 aromatic carbocycles. The first-order chi connectivity index (χ1) is 12.2. The van der Waals surface area contributed by atoms with Gasteiger partial charge in [0.05, 0.1) is 0 Å². The summed E-state index contributed by atoms with van der Waals surface area (Å²) in [4.78, 5) is 14.3. The topological polar surface area (TPSA) is 56.3 Å². The van der Waals surface area contributed by atoms with Gasteiger partial charge in [-0.25, -0.2) is 0 Å². The summed E-state index contributed by atoms with van der Waals surface area (Å²) in [5.41, 5.74) is 0. The van der Waals surface area contributed by atoms with Gasteiger partial charge in [-0.3, -0.25) is 0 Å². The second-order valence-corrected chi connectivity index (χ2v) is 7.46. The van der Waals surface area contributed by atoms with Crippen molar-refractivity contribution in [1.29, 1.82) is 0 Å². The first kappa shape index (κ1) is 18.2. The van der Waals surface area contributed by atoms with Crippen LogP contribution in [0.3, 0.4) is 0 Å². The molecule has 0 bridgehead atoms. The van der Waals surface area contributed by atoms with E-state index in [1.807, 2.05) is 7.05 Å². The Morgan fingerprint density at radius 2 is 1.72 bits per heavy atom. The van der Waals surface area contributed by atoms with Gasteiger partial charge in [-0.15, -0.1) is 0 Å². The second kappa shape index (κ2) is 8.65. The van der Waals surface area contributed by atoms with E-state index in [1.165, 1.54) is 44.9 Å². The highest BCUT2D eigenvalue weighted by molar-refractivity contribution is 7.80. The highest BCUT2D eigenvalue weighted by Crippen LogP contribution is 2.28. The zero-order chi connectivity index (χ0) is 17.6. The summed E-state index contributed by atoms with van der Waals surface area (Å²) in [6, 6.07) is 2.69. The standard InChI is InChI=1S/C18H30N6S/c1-14-9-5-8-12-24(14)16-13-15(23-10-6-3-4-7-11-23)20-17(21-16)22-18(25)19-2/h13-14H,3-12H2,1-2H3,(H2,19,20,21,22,25)/t14-/m1/s1. The quantitative estimate of drug-likeness (QED) is 0.801. The molecule has 2 N–H and O–H groups in total. The first-order valence-corrected chi connectivity index (χ1v) is 9.97. The average Bonchev–Trinajstić information content (AvgIpc) is 2.91. The molecule has 0 spiro atoms. The number of thiocarbonyl (C=S) groups is 1. The van der Waals surface area contributed by atoms with Crippen LogP contribution in [0.5, 0.6) is 0 Å². The minimum Gasteiger partial charge on any atom is -0.365 e. The predicted molar refractivity (Wildman–Crippen MR) is 109 cm³/mol. The van der Waals surface area contributed by atoms with Gasteiger partial charge in [0.15, 0.2) is 5.11 Å². The number of nitrogens with one attached hydrogen (secondary N) is 2. The molecule has 2 aliphatic rings. The SMILES string of the molecule is CNC(=S)Nc1nc(N2CCCCCC2)cc(N2CCCC[C@H]2C)n1. The highest BCUT2D eigenvalue weighted by Gasteiger charge is 2.22. The van der Waals surface area contributed by atoms with Gasteiger partial charge in [-0.1, -0.05) is 12.8 Å². The molecule has 1 aromatic rings. The Kier molecular flexibility index (Phi) is 6.29. The Balaban J connectivity index is 1.90. The van der Waals surface area contributed by atoms with Gasteiger partial charge in [0, 0.05) is 38.8 Å². The fourth-order valence-corrected chi connectivity index (χ4v) is 3.78. The Morgan fingerprint density at radius 3 is 2.40 bits per heavy atom. The zero-order valence-corrected chi connectivity index (χ0v) is 16.2. The van der Waals surface area contributed by atoms with Crippen LogP contribution in [0, 0.1) is 0 Å². The summed E-state index contributed by atoms with van der Waals surface area (Å²) in [6.07, 6.45) is 8.84. The molecule has 25 heavy (non-hydrogen) atoms. The third-order valence-electron chi connectivity index (χ3n) is 5.18. The van der Waals surface area contributed by atoms with Crippen LogP contribution in [0.15, 0.2) is 6.07 Å². The van der Waals surface area contributed by atoms with Crippen LogP contribution in [0.1, 0.15) is 51.9 Å². The van der Waals surface area contributed by atoms with Crippen molar-refractivity contribution in [3.63, 3.8) is 0 Å². The molecule has 1 aromatic heterocycles. The number of hydrogen-bond donors (Lipinski definition) is 2. The van der Waals surface area contributed by atoms with Crippen LogP contribution in [0.25, 0.3) is 0 Å². The summed E-state index contributed by atoms with van der Waals surface area (Å²) in [5.74, 6) is 2.63. The molecule has 3 heterocycles. The lowest BCUT2D eigenvalue weighted by molar-refractivity contribution is 0.481. The van der Waals surface area contributed by atoms with Gasteiger partial charge in [0.1, 0.15) is 11.6 Å². The fourth-order valence-electron chi connectivity index (χ4n) is 3.69. The lowest BCUT2D eigenvalue weighted by Gasteiger charge is -2.35. The molecule has 1 atom stereocenters. The highest BCUT2D eigenvalue weighted by atomic mass is 32.1. The van der Waals surface area contributed by atoms with E-state index in [0.29, 0.717) is 17.1 Å². The summed E-state index contributed by atoms with van der Waals surface area (Å²) < 4.78 is 0. The van der Waals surface area contributed by atoms with Crippen molar-refractivity contribution in [3.05, 3.63) is 6.07 Å². The van der Waals surface area contributed by atoms with Crippen molar-refractivity contribution >= 4 is 34.9 Å². The van der Waals surface area contributed by atoms with Gasteiger partial charge in [0.2, 0.25) is 5.95 Å². The maximum Gasteiger partial charge on any atom is 0.232 e. The molecule has 0 aliphatic carbocycles. The van der Waals surface area contributed by atoms with Crippen LogP contribution >= 0.6 is 12.2 Å². The fraction of sp³-hybridized carbons (Fsp3) is 0.722. The van der Waals surface area contributed by atoms with E-state index in [4.69, 9.17) is 22.2 Å². The van der Waals surface area contributed by atoms with E-state index in [9.17, 15) is 0 Å². The van der Waals surface area contributed by atoms with Gasteiger partial charge in [0.25, 0.3) is 0 Å². The van der Waals surface area contributed by atoms with E-state index in [2.05, 4.69) is 33.4 Å². The number of rotatable bonds is 3. The van der Waals surface area contributed by atoms with Crippen molar-refractivity contribution in [3.8, 4) is 0 Å². The molecule has 138 valence electrons. The van der Waals surface area contributed by atoms with Crippen LogP contribution in [-0.4, -0.2) is 47.8 Å². The third-order valence-corrected chi connectivity index (χ3v) is 5.48. The lowest BCUT2D eigenvalue weighted by atomic mass is 10.0. The normalized spacial score (nSPS) is 21.6. The molecule has 7 heteroatoms. The van der Waals surface area contributed by atoms with Crippen molar-refractivity contribution in [1.82, 2.24) is 15.3 Å². The number of nitrogens with zero attached hydrogens (tertiary/aromatic N) is 4. The molecule has 2 aliphatic heterocycles. The molecule has 6 nitrogen and oxygen atoms in total. The lowest BCUT2D eigenvalue weighted by Crippen LogP contribution is -2.38.